The molecule has 0 unspecified atom stereocenters. The van der Waals surface area contributed by atoms with E-state index in [4.69, 9.17) is 16.3 Å². The summed E-state index contributed by atoms with van der Waals surface area (Å²) in [5, 5.41) is 15.2. The van der Waals surface area contributed by atoms with Gasteiger partial charge in [-0.25, -0.2) is 0 Å². The molecule has 6 heteroatoms. The molecule has 1 aliphatic carbocycles. The van der Waals surface area contributed by atoms with E-state index < -0.39 is 0 Å². The molecule has 1 heterocycles. The SMILES string of the molecule is Cc1cc([N+](=O)[O-])c(OC2CC2)cc1C1=C(Cl)CNCC1. The van der Waals surface area contributed by atoms with Gasteiger partial charge in [-0.2, -0.15) is 0 Å². The Balaban J connectivity index is 2.06. The van der Waals surface area contributed by atoms with Crippen molar-refractivity contribution in [1.29, 1.82) is 0 Å². The van der Waals surface area contributed by atoms with Gasteiger partial charge in [0, 0.05) is 17.6 Å². The van der Waals surface area contributed by atoms with E-state index in [0.717, 1.165) is 47.5 Å². The maximum atomic E-state index is 11.2. The third-order valence-corrected chi connectivity index (χ3v) is 4.17. The molecule has 2 aliphatic rings. The Morgan fingerprint density at radius 2 is 2.19 bits per heavy atom. The highest BCUT2D eigenvalue weighted by molar-refractivity contribution is 6.33. The first kappa shape index (κ1) is 14.4. The number of rotatable bonds is 4. The van der Waals surface area contributed by atoms with Crippen LogP contribution in [-0.4, -0.2) is 24.1 Å². The molecule has 0 saturated heterocycles. The van der Waals surface area contributed by atoms with Crippen molar-refractivity contribution in [3.05, 3.63) is 38.4 Å². The number of benzene rings is 1. The quantitative estimate of drug-likeness (QED) is 0.684. The molecule has 1 saturated carbocycles. The van der Waals surface area contributed by atoms with Crippen LogP contribution in [0.4, 0.5) is 5.69 Å². The Kier molecular flexibility index (Phi) is 3.87. The summed E-state index contributed by atoms with van der Waals surface area (Å²) in [6.45, 7) is 3.38. The van der Waals surface area contributed by atoms with Gasteiger partial charge in [-0.15, -0.1) is 0 Å². The summed E-state index contributed by atoms with van der Waals surface area (Å²) in [5.74, 6) is 0.360. The van der Waals surface area contributed by atoms with Crippen LogP contribution in [0, 0.1) is 17.0 Å². The summed E-state index contributed by atoms with van der Waals surface area (Å²) in [6.07, 6.45) is 2.87. The molecule has 0 radical (unpaired) electrons. The number of aryl methyl sites for hydroxylation is 1. The molecular weight excluding hydrogens is 292 g/mol. The fourth-order valence-electron chi connectivity index (χ4n) is 2.54. The minimum Gasteiger partial charge on any atom is -0.483 e. The first-order valence-electron chi connectivity index (χ1n) is 7.10. The van der Waals surface area contributed by atoms with Crippen molar-refractivity contribution in [2.45, 2.75) is 32.3 Å². The number of hydrogen-bond acceptors (Lipinski definition) is 4. The molecule has 21 heavy (non-hydrogen) atoms. The van der Waals surface area contributed by atoms with Crippen molar-refractivity contribution in [2.75, 3.05) is 13.1 Å². The van der Waals surface area contributed by atoms with E-state index in [0.29, 0.717) is 12.3 Å². The van der Waals surface area contributed by atoms with Gasteiger partial charge in [0.05, 0.1) is 11.0 Å². The van der Waals surface area contributed by atoms with Gasteiger partial charge in [-0.3, -0.25) is 10.1 Å². The number of hydrogen-bond donors (Lipinski definition) is 1. The Labute approximate surface area is 128 Å². The molecule has 1 aliphatic heterocycles. The van der Waals surface area contributed by atoms with Crippen LogP contribution in [0.1, 0.15) is 30.4 Å². The fraction of sp³-hybridized carbons (Fsp3) is 0.467. The zero-order valence-corrected chi connectivity index (χ0v) is 12.6. The van der Waals surface area contributed by atoms with Crippen LogP contribution in [0.5, 0.6) is 5.75 Å². The second-order valence-electron chi connectivity index (χ2n) is 5.52. The maximum Gasteiger partial charge on any atom is 0.311 e. The molecule has 1 aromatic carbocycles. The third-order valence-electron chi connectivity index (χ3n) is 3.81. The van der Waals surface area contributed by atoms with Gasteiger partial charge in [0.25, 0.3) is 0 Å². The average Bonchev–Trinajstić information content (AvgIpc) is 3.25. The zero-order valence-electron chi connectivity index (χ0n) is 11.8. The molecular formula is C15H17ClN2O3. The van der Waals surface area contributed by atoms with Crippen LogP contribution < -0.4 is 10.1 Å². The number of halogens is 1. The summed E-state index contributed by atoms with van der Waals surface area (Å²) in [6, 6.07) is 3.38. The maximum absolute atomic E-state index is 11.2. The minimum absolute atomic E-state index is 0.0359. The molecule has 0 atom stereocenters. The van der Waals surface area contributed by atoms with Crippen LogP contribution >= 0.6 is 11.6 Å². The predicted molar refractivity (Wildman–Crippen MR) is 81.7 cm³/mol. The first-order valence-corrected chi connectivity index (χ1v) is 7.48. The van der Waals surface area contributed by atoms with Gasteiger partial charge >= 0.3 is 5.69 Å². The summed E-state index contributed by atoms with van der Waals surface area (Å²) in [7, 11) is 0. The van der Waals surface area contributed by atoms with E-state index >= 15 is 0 Å². The van der Waals surface area contributed by atoms with Gasteiger partial charge < -0.3 is 10.1 Å². The van der Waals surface area contributed by atoms with Crippen LogP contribution in [-0.2, 0) is 0 Å². The first-order chi connectivity index (χ1) is 10.1. The van der Waals surface area contributed by atoms with E-state index in [-0.39, 0.29) is 16.7 Å². The van der Waals surface area contributed by atoms with Crippen LogP contribution in [0.3, 0.4) is 0 Å². The molecule has 1 aromatic rings. The van der Waals surface area contributed by atoms with Crippen molar-refractivity contribution in [3.63, 3.8) is 0 Å². The smallest absolute Gasteiger partial charge is 0.311 e. The normalized spacial score (nSPS) is 18.8. The highest BCUT2D eigenvalue weighted by Crippen LogP contribution is 2.39. The van der Waals surface area contributed by atoms with E-state index in [1.807, 2.05) is 6.92 Å². The third kappa shape index (κ3) is 3.04. The highest BCUT2D eigenvalue weighted by atomic mass is 35.5. The lowest BCUT2D eigenvalue weighted by atomic mass is 9.95. The fourth-order valence-corrected chi connectivity index (χ4v) is 2.83. The zero-order chi connectivity index (χ0) is 15.0. The lowest BCUT2D eigenvalue weighted by molar-refractivity contribution is -0.386. The predicted octanol–water partition coefficient (Wildman–Crippen LogP) is 3.39. The van der Waals surface area contributed by atoms with Crippen molar-refractivity contribution in [1.82, 2.24) is 5.32 Å². The summed E-state index contributed by atoms with van der Waals surface area (Å²) >= 11 is 6.30. The molecule has 112 valence electrons. The number of nitrogens with zero attached hydrogens (tertiary/aromatic N) is 1. The van der Waals surface area contributed by atoms with Gasteiger partial charge in [0.15, 0.2) is 5.75 Å². The number of nitrogens with one attached hydrogen (secondary N) is 1. The molecule has 0 amide bonds. The molecule has 5 nitrogen and oxygen atoms in total. The standard InChI is InChI=1S/C15H17ClN2O3/c1-9-6-14(18(19)20)15(21-10-2-3-10)7-12(9)11-4-5-17-8-13(11)16/h6-7,10,17H,2-5,8H2,1H3. The van der Waals surface area contributed by atoms with E-state index in [9.17, 15) is 10.1 Å². The van der Waals surface area contributed by atoms with Gasteiger partial charge in [-0.1, -0.05) is 11.6 Å². The summed E-state index contributed by atoms with van der Waals surface area (Å²) in [5.41, 5.74) is 2.92. The molecule has 0 bridgehead atoms. The Morgan fingerprint density at radius 3 is 2.81 bits per heavy atom. The van der Waals surface area contributed by atoms with Gasteiger partial charge in [-0.05, 0) is 55.5 Å². The average molecular weight is 309 g/mol. The monoisotopic (exact) mass is 308 g/mol. The summed E-state index contributed by atoms with van der Waals surface area (Å²) in [4.78, 5) is 10.8. The molecule has 3 rings (SSSR count). The second kappa shape index (κ2) is 5.66. The lowest BCUT2D eigenvalue weighted by Gasteiger charge is -2.20. The van der Waals surface area contributed by atoms with Gasteiger partial charge in [0.2, 0.25) is 0 Å². The van der Waals surface area contributed by atoms with Crippen molar-refractivity contribution in [3.8, 4) is 5.75 Å². The second-order valence-corrected chi connectivity index (χ2v) is 5.98. The largest absolute Gasteiger partial charge is 0.483 e. The molecule has 0 spiro atoms. The Hall–Kier alpha value is -1.59. The topological polar surface area (TPSA) is 64.4 Å². The van der Waals surface area contributed by atoms with Gasteiger partial charge in [0.1, 0.15) is 0 Å². The number of nitro benzene ring substituents is 1. The number of nitro groups is 1. The van der Waals surface area contributed by atoms with E-state index in [1.165, 1.54) is 0 Å². The minimum atomic E-state index is -0.382. The number of ether oxygens (including phenoxy) is 1. The lowest BCUT2D eigenvalue weighted by Crippen LogP contribution is -2.23. The molecule has 1 N–H and O–H groups in total. The van der Waals surface area contributed by atoms with Crippen molar-refractivity contribution < 1.29 is 9.66 Å². The van der Waals surface area contributed by atoms with Crippen molar-refractivity contribution in [2.24, 2.45) is 0 Å². The molecule has 1 fully saturated rings. The van der Waals surface area contributed by atoms with Crippen LogP contribution in [0.25, 0.3) is 5.57 Å². The van der Waals surface area contributed by atoms with Crippen molar-refractivity contribution >= 4 is 22.9 Å². The Morgan fingerprint density at radius 1 is 1.43 bits per heavy atom. The summed E-state index contributed by atoms with van der Waals surface area (Å²) < 4.78 is 5.72. The molecule has 0 aromatic heterocycles. The van der Waals surface area contributed by atoms with Crippen LogP contribution in [0.15, 0.2) is 17.2 Å². The Bertz CT molecular complexity index is 624. The van der Waals surface area contributed by atoms with E-state index in [2.05, 4.69) is 5.32 Å². The van der Waals surface area contributed by atoms with Crippen LogP contribution in [0.2, 0.25) is 0 Å². The van der Waals surface area contributed by atoms with E-state index in [1.54, 1.807) is 12.1 Å². The highest BCUT2D eigenvalue weighted by Gasteiger charge is 2.28.